The van der Waals surface area contributed by atoms with Crippen molar-refractivity contribution in [1.82, 2.24) is 25.5 Å². The molecule has 1 heterocycles. The fraction of sp³-hybridized carbons (Fsp3) is 0.300. The lowest BCUT2D eigenvalue weighted by Gasteiger charge is -2.14. The van der Waals surface area contributed by atoms with Gasteiger partial charge in [0.25, 0.3) is 0 Å². The van der Waals surface area contributed by atoms with E-state index < -0.39 is 0 Å². The number of thioether (sulfide) groups is 1. The average molecular weight is 416 g/mol. The molecule has 3 rings (SSSR count). The molecule has 146 valence electrons. The first-order valence-electron chi connectivity index (χ1n) is 9.00. The molecule has 1 N–H and O–H groups in total. The summed E-state index contributed by atoms with van der Waals surface area (Å²) in [7, 11) is 0. The normalized spacial score (nSPS) is 12.2. The van der Waals surface area contributed by atoms with Gasteiger partial charge in [-0.3, -0.25) is 4.79 Å². The van der Waals surface area contributed by atoms with Crippen LogP contribution in [-0.2, 0) is 4.79 Å². The van der Waals surface area contributed by atoms with E-state index in [2.05, 4.69) is 46.8 Å². The Morgan fingerprint density at radius 1 is 1.14 bits per heavy atom. The number of hydrogen-bond donors (Lipinski definition) is 1. The maximum atomic E-state index is 12.3. The Hall–Kier alpha value is -2.38. The van der Waals surface area contributed by atoms with Crippen LogP contribution >= 0.6 is 23.4 Å². The molecule has 1 atom stereocenters. The molecule has 28 heavy (non-hydrogen) atoms. The second kappa shape index (κ2) is 9.21. The Labute approximate surface area is 173 Å². The third-order valence-electron chi connectivity index (χ3n) is 4.30. The van der Waals surface area contributed by atoms with Gasteiger partial charge >= 0.3 is 0 Å². The summed E-state index contributed by atoms with van der Waals surface area (Å²) in [5.41, 5.74) is 3.07. The van der Waals surface area contributed by atoms with E-state index in [1.54, 1.807) is 4.68 Å². The minimum Gasteiger partial charge on any atom is -0.349 e. The first-order chi connectivity index (χ1) is 13.4. The van der Waals surface area contributed by atoms with Crippen molar-refractivity contribution < 1.29 is 4.79 Å². The van der Waals surface area contributed by atoms with Crippen LogP contribution in [0.1, 0.15) is 43.9 Å². The molecule has 8 heteroatoms. The van der Waals surface area contributed by atoms with Crippen LogP contribution in [0, 0.1) is 0 Å². The van der Waals surface area contributed by atoms with E-state index in [4.69, 9.17) is 11.6 Å². The predicted molar refractivity (Wildman–Crippen MR) is 112 cm³/mol. The van der Waals surface area contributed by atoms with Gasteiger partial charge in [-0.25, -0.2) is 0 Å². The molecule has 0 unspecified atom stereocenters. The molecule has 1 amide bonds. The summed E-state index contributed by atoms with van der Waals surface area (Å²) in [6, 6.07) is 15.4. The molecule has 0 radical (unpaired) electrons. The van der Waals surface area contributed by atoms with Crippen LogP contribution in [0.25, 0.3) is 5.69 Å². The monoisotopic (exact) mass is 415 g/mol. The molecule has 6 nitrogen and oxygen atoms in total. The highest BCUT2D eigenvalue weighted by Crippen LogP contribution is 2.21. The van der Waals surface area contributed by atoms with Crippen molar-refractivity contribution in [3.63, 3.8) is 0 Å². The first kappa shape index (κ1) is 20.4. The third-order valence-corrected chi connectivity index (χ3v) is 5.46. The maximum Gasteiger partial charge on any atom is 0.230 e. The molecular formula is C20H22ClN5OS. The molecule has 0 saturated heterocycles. The summed E-state index contributed by atoms with van der Waals surface area (Å²) in [6.07, 6.45) is 0. The second-order valence-corrected chi connectivity index (χ2v) is 8.13. The van der Waals surface area contributed by atoms with Crippen molar-refractivity contribution in [3.8, 4) is 5.69 Å². The van der Waals surface area contributed by atoms with Gasteiger partial charge in [0.2, 0.25) is 11.1 Å². The number of tetrazole rings is 1. The van der Waals surface area contributed by atoms with E-state index in [1.807, 2.05) is 43.3 Å². The summed E-state index contributed by atoms with van der Waals surface area (Å²) in [5.74, 6) is 0.583. The molecule has 2 aromatic carbocycles. The van der Waals surface area contributed by atoms with Crippen LogP contribution in [0.5, 0.6) is 0 Å². The quantitative estimate of drug-likeness (QED) is 0.578. The molecule has 0 aliphatic rings. The Balaban J connectivity index is 1.61. The number of nitrogens with zero attached hydrogens (tertiary/aromatic N) is 4. The van der Waals surface area contributed by atoms with E-state index >= 15 is 0 Å². The van der Waals surface area contributed by atoms with Gasteiger partial charge in [0.15, 0.2) is 0 Å². The van der Waals surface area contributed by atoms with Crippen LogP contribution in [-0.4, -0.2) is 31.9 Å². The fourth-order valence-corrected chi connectivity index (χ4v) is 3.60. The average Bonchev–Trinajstić information content (AvgIpc) is 3.15. The lowest BCUT2D eigenvalue weighted by Crippen LogP contribution is -2.28. The van der Waals surface area contributed by atoms with E-state index in [1.165, 1.54) is 17.3 Å². The molecule has 0 spiro atoms. The van der Waals surface area contributed by atoms with Gasteiger partial charge < -0.3 is 5.32 Å². The van der Waals surface area contributed by atoms with Crippen molar-refractivity contribution in [2.75, 3.05) is 5.75 Å². The fourth-order valence-electron chi connectivity index (χ4n) is 2.70. The first-order valence-corrected chi connectivity index (χ1v) is 10.4. The number of aromatic nitrogens is 4. The van der Waals surface area contributed by atoms with Gasteiger partial charge in [-0.05, 0) is 58.7 Å². The van der Waals surface area contributed by atoms with Crippen LogP contribution < -0.4 is 5.32 Å². The predicted octanol–water partition coefficient (Wildman–Crippen LogP) is 4.41. The van der Waals surface area contributed by atoms with Crippen LogP contribution in [0.4, 0.5) is 0 Å². The smallest absolute Gasteiger partial charge is 0.230 e. The number of rotatable bonds is 7. The molecule has 0 bridgehead atoms. The number of nitrogens with one attached hydrogen (secondary N) is 1. The molecule has 1 aromatic heterocycles. The molecule has 0 aliphatic heterocycles. The highest BCUT2D eigenvalue weighted by molar-refractivity contribution is 7.99. The van der Waals surface area contributed by atoms with Crippen LogP contribution in [0.2, 0.25) is 5.02 Å². The summed E-state index contributed by atoms with van der Waals surface area (Å²) in [6.45, 7) is 6.22. The lowest BCUT2D eigenvalue weighted by molar-refractivity contribution is -0.119. The van der Waals surface area contributed by atoms with E-state index in [0.29, 0.717) is 16.1 Å². The van der Waals surface area contributed by atoms with E-state index in [-0.39, 0.29) is 17.7 Å². The van der Waals surface area contributed by atoms with Crippen LogP contribution in [0.15, 0.2) is 53.7 Å². The van der Waals surface area contributed by atoms with Gasteiger partial charge in [-0.15, -0.1) is 5.10 Å². The Kier molecular flexibility index (Phi) is 6.70. The number of hydrogen-bond acceptors (Lipinski definition) is 5. The van der Waals surface area contributed by atoms with Gasteiger partial charge in [0.1, 0.15) is 0 Å². The highest BCUT2D eigenvalue weighted by Gasteiger charge is 2.14. The number of amides is 1. The second-order valence-electron chi connectivity index (χ2n) is 6.75. The topological polar surface area (TPSA) is 72.7 Å². The van der Waals surface area contributed by atoms with Gasteiger partial charge in [0, 0.05) is 5.02 Å². The zero-order valence-electron chi connectivity index (χ0n) is 16.0. The third kappa shape index (κ3) is 5.11. The SMILES string of the molecule is CC(C)c1ccc(-n2nnnc2SCC(=O)N[C@H](C)c2cccc(Cl)c2)cc1. The number of carbonyl (C=O) groups excluding carboxylic acids is 1. The van der Waals surface area contributed by atoms with Crippen molar-refractivity contribution in [3.05, 3.63) is 64.7 Å². The molecule has 3 aromatic rings. The Bertz CT molecular complexity index is 942. The Morgan fingerprint density at radius 3 is 2.57 bits per heavy atom. The van der Waals surface area contributed by atoms with Crippen molar-refractivity contribution >= 4 is 29.3 Å². The van der Waals surface area contributed by atoms with Gasteiger partial charge in [-0.2, -0.15) is 4.68 Å². The summed E-state index contributed by atoms with van der Waals surface area (Å²) < 4.78 is 1.64. The minimum atomic E-state index is -0.133. The summed E-state index contributed by atoms with van der Waals surface area (Å²) in [5, 5.41) is 16.0. The standard InChI is InChI=1S/C20H22ClN5OS/c1-13(2)15-7-9-18(10-8-15)26-20(23-24-25-26)28-12-19(27)22-14(3)16-5-4-6-17(21)11-16/h4-11,13-14H,12H2,1-3H3,(H,22,27)/t14-/m1/s1. The van der Waals surface area contributed by atoms with Gasteiger partial charge in [-0.1, -0.05) is 61.5 Å². The number of halogens is 1. The molecule has 0 fully saturated rings. The van der Waals surface area contributed by atoms with E-state index in [0.717, 1.165) is 11.3 Å². The maximum absolute atomic E-state index is 12.3. The van der Waals surface area contributed by atoms with Crippen LogP contribution in [0.3, 0.4) is 0 Å². The van der Waals surface area contributed by atoms with Crippen molar-refractivity contribution in [2.45, 2.75) is 37.9 Å². The van der Waals surface area contributed by atoms with E-state index in [9.17, 15) is 4.79 Å². The molecule has 0 aliphatic carbocycles. The highest BCUT2D eigenvalue weighted by atomic mass is 35.5. The lowest BCUT2D eigenvalue weighted by atomic mass is 10.0. The summed E-state index contributed by atoms with van der Waals surface area (Å²) in [4.78, 5) is 12.3. The zero-order valence-corrected chi connectivity index (χ0v) is 17.5. The zero-order chi connectivity index (χ0) is 20.1. The number of benzene rings is 2. The number of carbonyl (C=O) groups is 1. The van der Waals surface area contributed by atoms with Crippen molar-refractivity contribution in [1.29, 1.82) is 0 Å². The summed E-state index contributed by atoms with van der Waals surface area (Å²) >= 11 is 7.31. The Morgan fingerprint density at radius 2 is 1.89 bits per heavy atom. The molecule has 0 saturated carbocycles. The molecular weight excluding hydrogens is 394 g/mol. The largest absolute Gasteiger partial charge is 0.349 e. The van der Waals surface area contributed by atoms with Crippen molar-refractivity contribution in [2.24, 2.45) is 0 Å². The van der Waals surface area contributed by atoms with Gasteiger partial charge in [0.05, 0.1) is 17.5 Å². The minimum absolute atomic E-state index is 0.0952.